The van der Waals surface area contributed by atoms with Crippen molar-refractivity contribution in [2.45, 2.75) is 23.8 Å². The van der Waals surface area contributed by atoms with E-state index >= 15 is 0 Å². The van der Waals surface area contributed by atoms with Gasteiger partial charge in [0.05, 0.1) is 0 Å². The van der Waals surface area contributed by atoms with Crippen LogP contribution >= 0.6 is 0 Å². The van der Waals surface area contributed by atoms with Crippen molar-refractivity contribution in [1.29, 1.82) is 0 Å². The number of likely N-dealkylation sites (tertiary alicyclic amines) is 1. The van der Waals surface area contributed by atoms with Gasteiger partial charge in [-0.2, -0.15) is 0 Å². The van der Waals surface area contributed by atoms with Gasteiger partial charge in [0.2, 0.25) is 10.0 Å². The normalized spacial score (nSPS) is 20.6. The van der Waals surface area contributed by atoms with Gasteiger partial charge in [0, 0.05) is 25.8 Å². The van der Waals surface area contributed by atoms with Crippen molar-refractivity contribution in [2.24, 2.45) is 0 Å². The molecule has 0 saturated carbocycles. The number of aromatic nitrogens is 1. The van der Waals surface area contributed by atoms with E-state index in [4.69, 9.17) is 0 Å². The molecule has 1 aliphatic heterocycles. The van der Waals surface area contributed by atoms with Crippen LogP contribution in [0.25, 0.3) is 0 Å². The lowest BCUT2D eigenvalue weighted by Gasteiger charge is -2.20. The van der Waals surface area contributed by atoms with Crippen LogP contribution in [0.1, 0.15) is 12.8 Å². The number of hydrogen-bond donors (Lipinski definition) is 2. The summed E-state index contributed by atoms with van der Waals surface area (Å²) in [6, 6.07) is 3.46. The summed E-state index contributed by atoms with van der Waals surface area (Å²) in [5.41, 5.74) is 0. The number of nitrogens with one attached hydrogen (secondary N) is 2. The first-order chi connectivity index (χ1) is 9.04. The molecule has 1 unspecified atom stereocenters. The van der Waals surface area contributed by atoms with Gasteiger partial charge in [0.25, 0.3) is 0 Å². The average molecular weight is 284 g/mol. The smallest absolute Gasteiger partial charge is 0.244 e. The summed E-state index contributed by atoms with van der Waals surface area (Å²) in [4.78, 5) is 6.40. The van der Waals surface area contributed by atoms with E-state index in [1.54, 1.807) is 25.4 Å². The first-order valence-electron chi connectivity index (χ1n) is 6.37. The molecule has 0 bridgehead atoms. The molecule has 1 saturated heterocycles. The monoisotopic (exact) mass is 284 g/mol. The molecule has 1 aliphatic rings. The Hall–Kier alpha value is -1.18. The van der Waals surface area contributed by atoms with Crippen LogP contribution in [0.3, 0.4) is 0 Å². The molecule has 0 radical (unpaired) electrons. The van der Waals surface area contributed by atoms with Gasteiger partial charge in [0.1, 0.15) is 10.7 Å². The Morgan fingerprint density at radius 1 is 1.53 bits per heavy atom. The lowest BCUT2D eigenvalue weighted by atomic mass is 10.2. The van der Waals surface area contributed by atoms with Crippen molar-refractivity contribution < 1.29 is 8.42 Å². The minimum atomic E-state index is -3.52. The molecule has 0 spiro atoms. The fourth-order valence-electron chi connectivity index (χ4n) is 2.32. The predicted molar refractivity (Wildman–Crippen MR) is 74.6 cm³/mol. The molecule has 2 N–H and O–H groups in total. The van der Waals surface area contributed by atoms with E-state index in [-0.39, 0.29) is 10.9 Å². The number of rotatable bonds is 5. The van der Waals surface area contributed by atoms with Crippen molar-refractivity contribution in [2.75, 3.05) is 32.5 Å². The minimum Gasteiger partial charge on any atom is -0.372 e. The third-order valence-corrected chi connectivity index (χ3v) is 4.93. The van der Waals surface area contributed by atoms with E-state index in [1.165, 1.54) is 0 Å². The fraction of sp³-hybridized carbons (Fsp3) is 0.583. The summed E-state index contributed by atoms with van der Waals surface area (Å²) in [6.07, 6.45) is 3.72. The first kappa shape index (κ1) is 14.2. The van der Waals surface area contributed by atoms with Crippen LogP contribution in [0.5, 0.6) is 0 Å². The molecule has 0 amide bonds. The van der Waals surface area contributed by atoms with E-state index < -0.39 is 10.0 Å². The van der Waals surface area contributed by atoms with Crippen LogP contribution in [0, 0.1) is 0 Å². The molecule has 6 nitrogen and oxygen atoms in total. The summed E-state index contributed by atoms with van der Waals surface area (Å²) < 4.78 is 27.2. The molecule has 2 heterocycles. The third kappa shape index (κ3) is 3.23. The van der Waals surface area contributed by atoms with Crippen LogP contribution in [0.4, 0.5) is 5.82 Å². The number of anilines is 1. The maximum absolute atomic E-state index is 12.3. The lowest BCUT2D eigenvalue weighted by molar-refractivity contribution is 0.311. The molecule has 7 heteroatoms. The highest BCUT2D eigenvalue weighted by molar-refractivity contribution is 7.89. The van der Waals surface area contributed by atoms with Gasteiger partial charge in [0.15, 0.2) is 0 Å². The molecule has 0 aromatic carbocycles. The maximum atomic E-state index is 12.3. The largest absolute Gasteiger partial charge is 0.372 e. The van der Waals surface area contributed by atoms with E-state index in [0.717, 1.165) is 19.4 Å². The van der Waals surface area contributed by atoms with Gasteiger partial charge in [-0.1, -0.05) is 0 Å². The fourth-order valence-corrected chi connectivity index (χ4v) is 3.55. The molecule has 0 aliphatic carbocycles. The molecule has 19 heavy (non-hydrogen) atoms. The average Bonchev–Trinajstić information content (AvgIpc) is 2.82. The second kappa shape index (κ2) is 5.85. The Morgan fingerprint density at radius 2 is 2.32 bits per heavy atom. The van der Waals surface area contributed by atoms with Crippen molar-refractivity contribution in [3.63, 3.8) is 0 Å². The van der Waals surface area contributed by atoms with Crippen molar-refractivity contribution in [3.05, 3.63) is 18.3 Å². The van der Waals surface area contributed by atoms with Crippen LogP contribution in [-0.4, -0.2) is 51.5 Å². The van der Waals surface area contributed by atoms with E-state index in [1.807, 2.05) is 7.05 Å². The van der Waals surface area contributed by atoms with Gasteiger partial charge < -0.3 is 10.2 Å². The summed E-state index contributed by atoms with van der Waals surface area (Å²) in [6.45, 7) is 1.47. The number of sulfonamides is 1. The van der Waals surface area contributed by atoms with E-state index in [2.05, 4.69) is 19.9 Å². The van der Waals surface area contributed by atoms with Crippen molar-refractivity contribution in [3.8, 4) is 0 Å². The molecule has 1 fully saturated rings. The zero-order valence-electron chi connectivity index (χ0n) is 11.3. The van der Waals surface area contributed by atoms with Gasteiger partial charge >= 0.3 is 0 Å². The summed E-state index contributed by atoms with van der Waals surface area (Å²) in [7, 11) is 0.166. The van der Waals surface area contributed by atoms with Crippen LogP contribution in [0.15, 0.2) is 23.2 Å². The second-order valence-corrected chi connectivity index (χ2v) is 6.46. The summed E-state index contributed by atoms with van der Waals surface area (Å²) in [5, 5.41) is 2.80. The molecule has 1 aromatic heterocycles. The van der Waals surface area contributed by atoms with Gasteiger partial charge in [-0.15, -0.1) is 0 Å². The zero-order valence-corrected chi connectivity index (χ0v) is 12.1. The quantitative estimate of drug-likeness (QED) is 0.823. The minimum absolute atomic E-state index is 0.193. The highest BCUT2D eigenvalue weighted by atomic mass is 32.2. The molecule has 1 aromatic rings. The zero-order chi connectivity index (χ0) is 13.9. The highest BCUT2D eigenvalue weighted by Gasteiger charge is 2.24. The topological polar surface area (TPSA) is 74.3 Å². The predicted octanol–water partition coefficient (Wildman–Crippen LogP) is 0.496. The number of pyridine rings is 1. The first-order valence-corrected chi connectivity index (χ1v) is 7.85. The number of hydrogen-bond acceptors (Lipinski definition) is 5. The highest BCUT2D eigenvalue weighted by Crippen LogP contribution is 2.18. The van der Waals surface area contributed by atoms with E-state index in [0.29, 0.717) is 12.4 Å². The van der Waals surface area contributed by atoms with Gasteiger partial charge in [-0.25, -0.2) is 18.1 Å². The summed E-state index contributed by atoms with van der Waals surface area (Å²) >= 11 is 0. The number of likely N-dealkylation sites (N-methyl/N-ethyl adjacent to an activating group) is 1. The standard InChI is InChI=1S/C12H20N4O2S/c1-13-12-11(6-3-7-14-12)19(17,18)15-9-10-5-4-8-16(10)2/h3,6-7,10,15H,4-5,8-9H2,1-2H3,(H,13,14). The third-order valence-electron chi connectivity index (χ3n) is 3.48. The molecular weight excluding hydrogens is 264 g/mol. The molecular formula is C12H20N4O2S. The Balaban J connectivity index is 2.09. The van der Waals surface area contributed by atoms with Crippen LogP contribution < -0.4 is 10.0 Å². The van der Waals surface area contributed by atoms with Crippen LogP contribution in [-0.2, 0) is 10.0 Å². The Labute approximate surface area is 114 Å². The van der Waals surface area contributed by atoms with Crippen molar-refractivity contribution >= 4 is 15.8 Å². The maximum Gasteiger partial charge on any atom is 0.244 e. The van der Waals surface area contributed by atoms with E-state index in [9.17, 15) is 8.42 Å². The Morgan fingerprint density at radius 3 is 2.95 bits per heavy atom. The lowest BCUT2D eigenvalue weighted by Crippen LogP contribution is -2.38. The summed E-state index contributed by atoms with van der Waals surface area (Å²) in [5.74, 6) is 0.370. The molecule has 1 atom stereocenters. The molecule has 106 valence electrons. The number of nitrogens with zero attached hydrogens (tertiary/aromatic N) is 2. The van der Waals surface area contributed by atoms with Crippen LogP contribution in [0.2, 0.25) is 0 Å². The Kier molecular flexibility index (Phi) is 4.38. The molecule has 2 rings (SSSR count). The van der Waals surface area contributed by atoms with Gasteiger partial charge in [-0.05, 0) is 38.6 Å². The SMILES string of the molecule is CNc1ncccc1S(=O)(=O)NCC1CCCN1C. The second-order valence-electron chi connectivity index (χ2n) is 4.73. The van der Waals surface area contributed by atoms with Crippen molar-refractivity contribution in [1.82, 2.24) is 14.6 Å². The van der Waals surface area contributed by atoms with Gasteiger partial charge in [-0.3, -0.25) is 0 Å². The Bertz CT molecular complexity index is 532.